The predicted molar refractivity (Wildman–Crippen MR) is 83.3 cm³/mol. The van der Waals surface area contributed by atoms with Gasteiger partial charge in [0.1, 0.15) is 0 Å². The molecule has 3 heteroatoms. The van der Waals surface area contributed by atoms with E-state index in [1.807, 2.05) is 11.3 Å². The van der Waals surface area contributed by atoms with Crippen LogP contribution >= 0.6 is 27.3 Å². The summed E-state index contributed by atoms with van der Waals surface area (Å²) < 4.78 is 1.21. The molecule has 2 aromatic rings. The third kappa shape index (κ3) is 3.44. The first-order valence-electron chi connectivity index (χ1n) is 6.22. The Hall–Kier alpha value is -0.640. The van der Waals surface area contributed by atoms with Crippen molar-refractivity contribution in [1.29, 1.82) is 0 Å². The molecule has 18 heavy (non-hydrogen) atoms. The molecule has 0 bridgehead atoms. The maximum atomic E-state index is 3.64. The number of thiophene rings is 1. The zero-order valence-electron chi connectivity index (χ0n) is 10.7. The van der Waals surface area contributed by atoms with E-state index in [-0.39, 0.29) is 0 Å². The average molecular weight is 324 g/mol. The fourth-order valence-electron chi connectivity index (χ4n) is 2.13. The van der Waals surface area contributed by atoms with Gasteiger partial charge in [-0.15, -0.1) is 11.3 Å². The van der Waals surface area contributed by atoms with E-state index < -0.39 is 0 Å². The highest BCUT2D eigenvalue weighted by Gasteiger charge is 2.15. The standard InChI is InChI=1S/C15H18BrNS/c1-3-17-14(15-13(16)7-8-18-15)10-12-6-4-5-11(2)9-12/h4-9,14,17H,3,10H2,1-2H3. The second-order valence-corrected chi connectivity index (χ2v) is 6.24. The predicted octanol–water partition coefficient (Wildman–Crippen LogP) is 4.71. The van der Waals surface area contributed by atoms with E-state index in [4.69, 9.17) is 0 Å². The number of halogens is 1. The van der Waals surface area contributed by atoms with Crippen LogP contribution in [0.5, 0.6) is 0 Å². The number of likely N-dealkylation sites (N-methyl/N-ethyl adjacent to an activating group) is 1. The Morgan fingerprint density at radius 1 is 1.33 bits per heavy atom. The highest BCUT2D eigenvalue weighted by molar-refractivity contribution is 9.10. The molecule has 0 spiro atoms. The molecule has 1 aromatic carbocycles. The summed E-state index contributed by atoms with van der Waals surface area (Å²) in [5, 5.41) is 5.71. The van der Waals surface area contributed by atoms with Gasteiger partial charge in [0.05, 0.1) is 0 Å². The summed E-state index contributed by atoms with van der Waals surface area (Å²) in [4.78, 5) is 1.39. The Balaban J connectivity index is 2.19. The minimum absolute atomic E-state index is 0.395. The molecular weight excluding hydrogens is 306 g/mol. The fourth-order valence-corrected chi connectivity index (χ4v) is 3.86. The van der Waals surface area contributed by atoms with Crippen LogP contribution in [0, 0.1) is 6.92 Å². The molecule has 1 unspecified atom stereocenters. The Morgan fingerprint density at radius 3 is 2.78 bits per heavy atom. The van der Waals surface area contributed by atoms with Gasteiger partial charge in [-0.1, -0.05) is 36.8 Å². The zero-order valence-corrected chi connectivity index (χ0v) is 13.1. The van der Waals surface area contributed by atoms with Crippen molar-refractivity contribution in [3.05, 3.63) is 56.2 Å². The summed E-state index contributed by atoms with van der Waals surface area (Å²) in [5.41, 5.74) is 2.72. The first-order chi connectivity index (χ1) is 8.70. The van der Waals surface area contributed by atoms with Crippen molar-refractivity contribution in [3.63, 3.8) is 0 Å². The molecule has 1 aromatic heterocycles. The maximum Gasteiger partial charge on any atom is 0.0467 e. The van der Waals surface area contributed by atoms with E-state index in [0.29, 0.717) is 6.04 Å². The molecule has 2 rings (SSSR count). The largest absolute Gasteiger partial charge is 0.309 e. The SMILES string of the molecule is CCNC(Cc1cccc(C)c1)c1sccc1Br. The molecule has 0 radical (unpaired) electrons. The first kappa shape index (κ1) is 13.8. The summed E-state index contributed by atoms with van der Waals surface area (Å²) in [5.74, 6) is 0. The van der Waals surface area contributed by atoms with Crippen molar-refractivity contribution in [2.75, 3.05) is 6.54 Å². The Morgan fingerprint density at radius 2 is 2.17 bits per heavy atom. The third-order valence-electron chi connectivity index (χ3n) is 2.93. The summed E-state index contributed by atoms with van der Waals surface area (Å²) >= 11 is 5.45. The van der Waals surface area contributed by atoms with Crippen molar-refractivity contribution >= 4 is 27.3 Å². The van der Waals surface area contributed by atoms with Gasteiger partial charge in [0.15, 0.2) is 0 Å². The highest BCUT2D eigenvalue weighted by atomic mass is 79.9. The van der Waals surface area contributed by atoms with Crippen molar-refractivity contribution in [2.24, 2.45) is 0 Å². The summed E-state index contributed by atoms with van der Waals surface area (Å²) in [6.07, 6.45) is 1.04. The lowest BCUT2D eigenvalue weighted by Gasteiger charge is -2.17. The van der Waals surface area contributed by atoms with Crippen LogP contribution in [0.15, 0.2) is 40.2 Å². The molecule has 0 saturated carbocycles. The Bertz CT molecular complexity index is 507. The molecule has 0 aliphatic rings. The van der Waals surface area contributed by atoms with E-state index in [1.54, 1.807) is 0 Å². The molecule has 0 saturated heterocycles. The molecule has 1 heterocycles. The van der Waals surface area contributed by atoms with Gasteiger partial charge < -0.3 is 5.32 Å². The Kier molecular flexibility index (Phi) is 4.98. The minimum atomic E-state index is 0.395. The fraction of sp³-hybridized carbons (Fsp3) is 0.333. The monoisotopic (exact) mass is 323 g/mol. The molecule has 96 valence electrons. The molecule has 0 aliphatic heterocycles. The highest BCUT2D eigenvalue weighted by Crippen LogP contribution is 2.31. The molecule has 0 amide bonds. The van der Waals surface area contributed by atoms with Crippen LogP contribution in [-0.2, 0) is 6.42 Å². The van der Waals surface area contributed by atoms with Crippen LogP contribution in [0.2, 0.25) is 0 Å². The van der Waals surface area contributed by atoms with Gasteiger partial charge in [0.25, 0.3) is 0 Å². The van der Waals surface area contributed by atoms with Crippen molar-refractivity contribution < 1.29 is 0 Å². The number of aryl methyl sites for hydroxylation is 1. The number of hydrogen-bond donors (Lipinski definition) is 1. The van der Waals surface area contributed by atoms with Crippen LogP contribution in [0.3, 0.4) is 0 Å². The van der Waals surface area contributed by atoms with Crippen LogP contribution in [-0.4, -0.2) is 6.54 Å². The van der Waals surface area contributed by atoms with Crippen LogP contribution in [0.1, 0.15) is 29.0 Å². The van der Waals surface area contributed by atoms with Gasteiger partial charge in [-0.2, -0.15) is 0 Å². The van der Waals surface area contributed by atoms with Crippen molar-refractivity contribution in [1.82, 2.24) is 5.32 Å². The average Bonchev–Trinajstić information content (AvgIpc) is 2.75. The van der Waals surface area contributed by atoms with Crippen LogP contribution < -0.4 is 5.32 Å². The van der Waals surface area contributed by atoms with E-state index in [1.165, 1.54) is 20.5 Å². The van der Waals surface area contributed by atoms with Gasteiger partial charge in [-0.05, 0) is 52.8 Å². The molecular formula is C15H18BrNS. The number of nitrogens with one attached hydrogen (secondary N) is 1. The number of hydrogen-bond acceptors (Lipinski definition) is 2. The van der Waals surface area contributed by atoms with E-state index in [0.717, 1.165) is 13.0 Å². The third-order valence-corrected chi connectivity index (χ3v) is 4.92. The van der Waals surface area contributed by atoms with Gasteiger partial charge in [-0.3, -0.25) is 0 Å². The van der Waals surface area contributed by atoms with Crippen LogP contribution in [0.25, 0.3) is 0 Å². The molecule has 1 nitrogen and oxygen atoms in total. The van der Waals surface area contributed by atoms with E-state index in [9.17, 15) is 0 Å². The van der Waals surface area contributed by atoms with E-state index >= 15 is 0 Å². The second kappa shape index (κ2) is 6.50. The van der Waals surface area contributed by atoms with Crippen LogP contribution in [0.4, 0.5) is 0 Å². The zero-order chi connectivity index (χ0) is 13.0. The molecule has 1 N–H and O–H groups in total. The van der Waals surface area contributed by atoms with Gasteiger partial charge in [0, 0.05) is 15.4 Å². The second-order valence-electron chi connectivity index (χ2n) is 4.44. The van der Waals surface area contributed by atoms with Crippen molar-refractivity contribution in [3.8, 4) is 0 Å². The first-order valence-corrected chi connectivity index (χ1v) is 7.89. The number of benzene rings is 1. The van der Waals surface area contributed by atoms with Gasteiger partial charge >= 0.3 is 0 Å². The number of rotatable bonds is 5. The van der Waals surface area contributed by atoms with E-state index in [2.05, 4.69) is 70.8 Å². The lowest BCUT2D eigenvalue weighted by molar-refractivity contribution is 0.556. The normalized spacial score (nSPS) is 12.6. The lowest BCUT2D eigenvalue weighted by atomic mass is 10.0. The molecule has 1 atom stereocenters. The van der Waals surface area contributed by atoms with Gasteiger partial charge in [-0.25, -0.2) is 0 Å². The maximum absolute atomic E-state index is 3.64. The molecule has 0 fully saturated rings. The minimum Gasteiger partial charge on any atom is -0.309 e. The van der Waals surface area contributed by atoms with Crippen molar-refractivity contribution in [2.45, 2.75) is 26.3 Å². The summed E-state index contributed by atoms with van der Waals surface area (Å²) in [6, 6.07) is 11.3. The molecule has 0 aliphatic carbocycles. The smallest absolute Gasteiger partial charge is 0.0467 e. The topological polar surface area (TPSA) is 12.0 Å². The quantitative estimate of drug-likeness (QED) is 0.840. The lowest BCUT2D eigenvalue weighted by Crippen LogP contribution is -2.22. The Labute approximate surface area is 121 Å². The summed E-state index contributed by atoms with van der Waals surface area (Å²) in [6.45, 7) is 5.29. The van der Waals surface area contributed by atoms with Gasteiger partial charge in [0.2, 0.25) is 0 Å². The summed E-state index contributed by atoms with van der Waals surface area (Å²) in [7, 11) is 0.